The van der Waals surface area contributed by atoms with E-state index in [-0.39, 0.29) is 24.3 Å². The molecule has 1 fully saturated rings. The Kier molecular flexibility index (Phi) is 4.42. The summed E-state index contributed by atoms with van der Waals surface area (Å²) < 4.78 is 7.58. The molecule has 1 saturated heterocycles. The average molecular weight is 266 g/mol. The third kappa shape index (κ3) is 3.96. The van der Waals surface area contributed by atoms with Crippen molar-refractivity contribution in [2.45, 2.75) is 45.6 Å². The lowest BCUT2D eigenvalue weighted by molar-refractivity contribution is -0.0547. The van der Waals surface area contributed by atoms with Crippen LogP contribution in [0.5, 0.6) is 0 Å². The molecule has 1 N–H and O–H groups in total. The lowest BCUT2D eigenvalue weighted by Gasteiger charge is -2.35. The summed E-state index contributed by atoms with van der Waals surface area (Å²) in [6.07, 6.45) is 5.57. The molecule has 0 aliphatic carbocycles. The van der Waals surface area contributed by atoms with E-state index in [1.165, 1.54) is 0 Å². The fourth-order valence-corrected chi connectivity index (χ4v) is 2.40. The Bertz CT molecular complexity index is 397. The van der Waals surface area contributed by atoms with E-state index in [1.54, 1.807) is 12.5 Å². The smallest absolute Gasteiger partial charge is 0.317 e. The second-order valence-electron chi connectivity index (χ2n) is 5.27. The van der Waals surface area contributed by atoms with Crippen LogP contribution < -0.4 is 5.32 Å². The molecule has 2 heterocycles. The molecule has 1 aliphatic heterocycles. The van der Waals surface area contributed by atoms with Gasteiger partial charge in [-0.2, -0.15) is 0 Å². The summed E-state index contributed by atoms with van der Waals surface area (Å²) >= 11 is 0. The Morgan fingerprint density at radius 3 is 2.74 bits per heavy atom. The van der Waals surface area contributed by atoms with E-state index in [0.717, 1.165) is 6.54 Å². The van der Waals surface area contributed by atoms with Gasteiger partial charge in [-0.05, 0) is 20.8 Å². The van der Waals surface area contributed by atoms with Crippen LogP contribution in [0.1, 0.15) is 20.8 Å². The molecule has 1 aromatic heterocycles. The quantitative estimate of drug-likeness (QED) is 0.891. The van der Waals surface area contributed by atoms with E-state index in [9.17, 15) is 4.79 Å². The van der Waals surface area contributed by atoms with E-state index in [1.807, 2.05) is 36.4 Å². The molecule has 6 heteroatoms. The van der Waals surface area contributed by atoms with Crippen LogP contribution in [0, 0.1) is 0 Å². The number of carbonyl (C=O) groups excluding carboxylic acids is 1. The van der Waals surface area contributed by atoms with E-state index >= 15 is 0 Å². The molecule has 0 radical (unpaired) electrons. The molecule has 0 unspecified atom stereocenters. The second kappa shape index (κ2) is 6.06. The van der Waals surface area contributed by atoms with Crippen LogP contribution in [0.15, 0.2) is 18.7 Å². The molecule has 0 aromatic carbocycles. The minimum absolute atomic E-state index is 0.0189. The predicted octanol–water partition coefficient (Wildman–Crippen LogP) is 1.09. The molecule has 19 heavy (non-hydrogen) atoms. The van der Waals surface area contributed by atoms with Gasteiger partial charge in [-0.25, -0.2) is 9.78 Å². The molecule has 0 bridgehead atoms. The van der Waals surface area contributed by atoms with Crippen LogP contribution in [-0.2, 0) is 11.3 Å². The number of imidazole rings is 1. The normalized spacial score (nSPS) is 25.1. The van der Waals surface area contributed by atoms with Crippen LogP contribution in [0.4, 0.5) is 4.79 Å². The summed E-state index contributed by atoms with van der Waals surface area (Å²) in [4.78, 5) is 18.0. The highest BCUT2D eigenvalue weighted by Crippen LogP contribution is 2.10. The zero-order valence-electron chi connectivity index (χ0n) is 11.7. The molecule has 1 aromatic rings. The number of rotatable bonds is 3. The number of hydrogen-bond donors (Lipinski definition) is 1. The number of urea groups is 1. The predicted molar refractivity (Wildman–Crippen MR) is 71.8 cm³/mol. The summed E-state index contributed by atoms with van der Waals surface area (Å²) in [5.41, 5.74) is 0. The molecule has 1 aliphatic rings. The highest BCUT2D eigenvalue weighted by molar-refractivity contribution is 5.74. The van der Waals surface area contributed by atoms with Gasteiger partial charge in [0.2, 0.25) is 0 Å². The maximum absolute atomic E-state index is 12.2. The Hall–Kier alpha value is -1.56. The number of nitrogens with one attached hydrogen (secondary N) is 1. The third-order valence-electron chi connectivity index (χ3n) is 3.12. The van der Waals surface area contributed by atoms with Gasteiger partial charge in [-0.1, -0.05) is 0 Å². The van der Waals surface area contributed by atoms with E-state index < -0.39 is 0 Å². The van der Waals surface area contributed by atoms with Gasteiger partial charge in [0.25, 0.3) is 0 Å². The number of aromatic nitrogens is 2. The zero-order valence-corrected chi connectivity index (χ0v) is 11.7. The standard InChI is InChI=1S/C13H22N4O2/c1-10(6-16-5-4-14-9-16)15-13(18)17-7-11(2)19-12(3)8-17/h4-5,9-12H,6-8H2,1-3H3,(H,15,18)/t10-,11+,12+/m1/s1. The Morgan fingerprint density at radius 2 is 2.16 bits per heavy atom. The second-order valence-corrected chi connectivity index (χ2v) is 5.27. The van der Waals surface area contributed by atoms with Gasteiger partial charge in [0.1, 0.15) is 0 Å². The molecule has 0 spiro atoms. The lowest BCUT2D eigenvalue weighted by Crippen LogP contribution is -2.53. The van der Waals surface area contributed by atoms with Crippen molar-refractivity contribution in [2.75, 3.05) is 13.1 Å². The van der Waals surface area contributed by atoms with Crippen LogP contribution in [0.3, 0.4) is 0 Å². The van der Waals surface area contributed by atoms with E-state index in [2.05, 4.69) is 10.3 Å². The van der Waals surface area contributed by atoms with Gasteiger partial charge in [0.05, 0.1) is 18.5 Å². The number of amides is 2. The van der Waals surface area contributed by atoms with Crippen molar-refractivity contribution < 1.29 is 9.53 Å². The SMILES string of the molecule is C[C@H](Cn1ccnc1)NC(=O)N1C[C@H](C)O[C@@H](C)C1. The van der Waals surface area contributed by atoms with Crippen molar-refractivity contribution >= 4 is 6.03 Å². The first-order valence-electron chi connectivity index (χ1n) is 6.71. The van der Waals surface area contributed by atoms with Crippen LogP contribution in [0.2, 0.25) is 0 Å². The zero-order chi connectivity index (χ0) is 13.8. The fraction of sp³-hybridized carbons (Fsp3) is 0.692. The van der Waals surface area contributed by atoms with Crippen molar-refractivity contribution in [3.8, 4) is 0 Å². The number of ether oxygens (including phenoxy) is 1. The number of morpholine rings is 1. The van der Waals surface area contributed by atoms with E-state index in [0.29, 0.717) is 13.1 Å². The minimum Gasteiger partial charge on any atom is -0.372 e. The Morgan fingerprint density at radius 1 is 1.47 bits per heavy atom. The van der Waals surface area contributed by atoms with Crippen LogP contribution in [-0.4, -0.2) is 51.8 Å². The van der Waals surface area contributed by atoms with E-state index in [4.69, 9.17) is 4.74 Å². The molecule has 2 amide bonds. The van der Waals surface area contributed by atoms with Gasteiger partial charge < -0.3 is 19.5 Å². The van der Waals surface area contributed by atoms with Crippen LogP contribution >= 0.6 is 0 Å². The summed E-state index contributed by atoms with van der Waals surface area (Å²) in [7, 11) is 0. The van der Waals surface area contributed by atoms with Gasteiger partial charge in [-0.15, -0.1) is 0 Å². The molecular weight excluding hydrogens is 244 g/mol. The van der Waals surface area contributed by atoms with Gasteiger partial charge in [0.15, 0.2) is 0 Å². The minimum atomic E-state index is -0.0189. The fourth-order valence-electron chi connectivity index (χ4n) is 2.40. The molecule has 2 rings (SSSR count). The monoisotopic (exact) mass is 266 g/mol. The number of hydrogen-bond acceptors (Lipinski definition) is 3. The third-order valence-corrected chi connectivity index (χ3v) is 3.12. The highest BCUT2D eigenvalue weighted by Gasteiger charge is 2.26. The summed E-state index contributed by atoms with van der Waals surface area (Å²) in [5, 5.41) is 3.01. The summed E-state index contributed by atoms with van der Waals surface area (Å²) in [5.74, 6) is 0. The summed E-state index contributed by atoms with van der Waals surface area (Å²) in [6, 6.07) is 0.0461. The van der Waals surface area contributed by atoms with Crippen molar-refractivity contribution in [1.29, 1.82) is 0 Å². The Labute approximate surface area is 113 Å². The molecular formula is C13H22N4O2. The van der Waals surface area contributed by atoms with Gasteiger partial charge in [0, 0.05) is 38.1 Å². The van der Waals surface area contributed by atoms with Crippen molar-refractivity contribution in [3.05, 3.63) is 18.7 Å². The van der Waals surface area contributed by atoms with Crippen molar-refractivity contribution in [3.63, 3.8) is 0 Å². The first-order valence-corrected chi connectivity index (χ1v) is 6.71. The lowest BCUT2D eigenvalue weighted by atomic mass is 10.2. The highest BCUT2D eigenvalue weighted by atomic mass is 16.5. The molecule has 3 atom stereocenters. The van der Waals surface area contributed by atoms with Gasteiger partial charge >= 0.3 is 6.03 Å². The van der Waals surface area contributed by atoms with Gasteiger partial charge in [-0.3, -0.25) is 0 Å². The maximum atomic E-state index is 12.2. The maximum Gasteiger partial charge on any atom is 0.317 e. The average Bonchev–Trinajstić information content (AvgIpc) is 2.80. The molecule has 0 saturated carbocycles. The van der Waals surface area contributed by atoms with Crippen molar-refractivity contribution in [2.24, 2.45) is 0 Å². The molecule has 6 nitrogen and oxygen atoms in total. The summed E-state index contributed by atoms with van der Waals surface area (Å²) in [6.45, 7) is 7.99. The topological polar surface area (TPSA) is 59.4 Å². The molecule has 106 valence electrons. The Balaban J connectivity index is 1.82. The first-order chi connectivity index (χ1) is 9.04. The largest absolute Gasteiger partial charge is 0.372 e. The number of nitrogens with zero attached hydrogens (tertiary/aromatic N) is 3. The van der Waals surface area contributed by atoms with Crippen molar-refractivity contribution in [1.82, 2.24) is 19.8 Å². The first kappa shape index (κ1) is 13.9. The number of carbonyl (C=O) groups is 1. The van der Waals surface area contributed by atoms with Crippen LogP contribution in [0.25, 0.3) is 0 Å².